The average Bonchev–Trinajstić information content (AvgIpc) is 3.01. The van der Waals surface area contributed by atoms with E-state index in [2.05, 4.69) is 42.2 Å². The number of nitrogens with one attached hydrogen (secondary N) is 1. The van der Waals surface area contributed by atoms with Crippen molar-refractivity contribution in [2.45, 2.75) is 38.4 Å². The molecule has 1 aromatic carbocycles. The maximum atomic E-state index is 13.2. The molecule has 2 heterocycles. The highest BCUT2D eigenvalue weighted by Gasteiger charge is 2.45. The number of ether oxygens (including phenoxy) is 1. The monoisotopic (exact) mass is 400 g/mol. The van der Waals surface area contributed by atoms with Crippen molar-refractivity contribution in [3.05, 3.63) is 35.5 Å². The van der Waals surface area contributed by atoms with E-state index >= 15 is 0 Å². The lowest BCUT2D eigenvalue weighted by atomic mass is 9.72. The lowest BCUT2D eigenvalue weighted by molar-refractivity contribution is -0.125. The first kappa shape index (κ1) is 18.9. The second-order valence-corrected chi connectivity index (χ2v) is 9.04. The summed E-state index contributed by atoms with van der Waals surface area (Å²) in [4.78, 5) is 17.8. The van der Waals surface area contributed by atoms with Crippen LogP contribution in [0, 0.1) is 11.3 Å². The van der Waals surface area contributed by atoms with E-state index in [4.69, 9.17) is 4.74 Å². The number of rotatable bonds is 4. The predicted molar refractivity (Wildman–Crippen MR) is 108 cm³/mol. The molecule has 2 atom stereocenters. The van der Waals surface area contributed by atoms with Gasteiger partial charge in [-0.2, -0.15) is 4.98 Å². The van der Waals surface area contributed by atoms with Crippen molar-refractivity contribution < 1.29 is 14.6 Å². The Bertz CT molecular complexity index is 966. The molecule has 1 aromatic heterocycles. The first-order valence-corrected chi connectivity index (χ1v) is 10.3. The molecule has 1 aliphatic carbocycles. The van der Waals surface area contributed by atoms with Gasteiger partial charge < -0.3 is 15.2 Å². The van der Waals surface area contributed by atoms with Gasteiger partial charge in [0.05, 0.1) is 19.1 Å². The highest BCUT2D eigenvalue weighted by Crippen LogP contribution is 2.46. The number of anilines is 1. The third-order valence-corrected chi connectivity index (χ3v) is 5.84. The van der Waals surface area contributed by atoms with Gasteiger partial charge in [0.25, 0.3) is 0 Å². The SMILES string of the molecule is CCSc1nc2n(n1)[C@@H](c1ccc(O)c(OC)c1)[C@@H]1C(=O)CC(C)(C)C=C1N2. The van der Waals surface area contributed by atoms with Crippen molar-refractivity contribution in [2.75, 3.05) is 18.2 Å². The summed E-state index contributed by atoms with van der Waals surface area (Å²) >= 11 is 1.56. The largest absolute Gasteiger partial charge is 0.504 e. The average molecular weight is 401 g/mol. The Balaban J connectivity index is 1.90. The smallest absolute Gasteiger partial charge is 0.227 e. The van der Waals surface area contributed by atoms with E-state index < -0.39 is 0 Å². The molecule has 0 spiro atoms. The van der Waals surface area contributed by atoms with Crippen LogP contribution in [-0.2, 0) is 4.79 Å². The second-order valence-electron chi connectivity index (χ2n) is 7.81. The van der Waals surface area contributed by atoms with Gasteiger partial charge >= 0.3 is 0 Å². The molecule has 28 heavy (non-hydrogen) atoms. The van der Waals surface area contributed by atoms with E-state index in [-0.39, 0.29) is 28.9 Å². The lowest BCUT2D eigenvalue weighted by Gasteiger charge is -2.40. The molecule has 2 aliphatic rings. The number of hydrogen-bond donors (Lipinski definition) is 2. The minimum atomic E-state index is -0.379. The van der Waals surface area contributed by atoms with E-state index in [9.17, 15) is 9.90 Å². The number of fused-ring (bicyclic) bond motifs is 2. The van der Waals surface area contributed by atoms with Crippen LogP contribution in [0.2, 0.25) is 0 Å². The van der Waals surface area contributed by atoms with Crippen molar-refractivity contribution in [3.63, 3.8) is 0 Å². The fourth-order valence-electron chi connectivity index (χ4n) is 4.01. The molecule has 0 amide bonds. The van der Waals surface area contributed by atoms with Crippen molar-refractivity contribution >= 4 is 23.5 Å². The summed E-state index contributed by atoms with van der Waals surface area (Å²) < 4.78 is 7.08. The Hall–Kier alpha value is -2.48. The van der Waals surface area contributed by atoms with E-state index in [1.54, 1.807) is 28.6 Å². The van der Waals surface area contributed by atoms with Crippen LogP contribution in [0.5, 0.6) is 11.5 Å². The molecule has 0 saturated heterocycles. The number of phenols is 1. The van der Waals surface area contributed by atoms with Gasteiger partial charge in [-0.15, -0.1) is 5.10 Å². The number of nitrogens with zero attached hydrogens (tertiary/aromatic N) is 3. The second kappa shape index (κ2) is 6.84. The quantitative estimate of drug-likeness (QED) is 0.758. The summed E-state index contributed by atoms with van der Waals surface area (Å²) in [5.41, 5.74) is 1.50. The zero-order valence-corrected chi connectivity index (χ0v) is 17.2. The van der Waals surface area contributed by atoms with Gasteiger partial charge in [0.2, 0.25) is 11.1 Å². The Kier molecular flexibility index (Phi) is 4.61. The molecule has 4 rings (SSSR count). The van der Waals surface area contributed by atoms with Gasteiger partial charge in [-0.1, -0.05) is 44.7 Å². The zero-order valence-electron chi connectivity index (χ0n) is 16.4. The van der Waals surface area contributed by atoms with Crippen molar-refractivity contribution in [2.24, 2.45) is 11.3 Å². The molecule has 0 fully saturated rings. The predicted octanol–water partition coefficient (Wildman–Crippen LogP) is 3.62. The van der Waals surface area contributed by atoms with Gasteiger partial charge in [-0.3, -0.25) is 4.79 Å². The number of benzene rings is 1. The van der Waals surface area contributed by atoms with Crippen molar-refractivity contribution in [1.29, 1.82) is 0 Å². The Morgan fingerprint density at radius 1 is 1.43 bits per heavy atom. The summed E-state index contributed by atoms with van der Waals surface area (Å²) in [6, 6.07) is 4.83. The topological polar surface area (TPSA) is 89.3 Å². The number of allylic oxidation sites excluding steroid dienone is 2. The number of aromatic hydroxyl groups is 1. The van der Waals surface area contributed by atoms with Gasteiger partial charge in [0, 0.05) is 12.1 Å². The van der Waals surface area contributed by atoms with E-state index in [0.29, 0.717) is 23.3 Å². The number of carbonyl (C=O) groups excluding carboxylic acids is 1. The summed E-state index contributed by atoms with van der Waals surface area (Å²) in [6.45, 7) is 6.17. The molecule has 0 radical (unpaired) electrons. The maximum Gasteiger partial charge on any atom is 0.227 e. The van der Waals surface area contributed by atoms with Crippen LogP contribution < -0.4 is 10.1 Å². The zero-order chi connectivity index (χ0) is 20.1. The van der Waals surface area contributed by atoms with Crippen LogP contribution in [0.15, 0.2) is 35.1 Å². The standard InChI is InChI=1S/C20H24N4O3S/c1-5-28-19-22-18-21-12-9-20(2,3)10-14(26)16(12)17(24(18)23-19)11-6-7-13(25)15(8-11)27-4/h6-9,16-17,25H,5,10H2,1-4H3,(H,21,22,23)/t16-,17-/m0/s1. The highest BCUT2D eigenvalue weighted by atomic mass is 32.2. The molecule has 8 heteroatoms. The van der Waals surface area contributed by atoms with Crippen molar-refractivity contribution in [3.8, 4) is 11.5 Å². The van der Waals surface area contributed by atoms with E-state index in [1.165, 1.54) is 7.11 Å². The van der Waals surface area contributed by atoms with Crippen LogP contribution in [0.25, 0.3) is 0 Å². The van der Waals surface area contributed by atoms with Crippen LogP contribution >= 0.6 is 11.8 Å². The Morgan fingerprint density at radius 3 is 2.93 bits per heavy atom. The molecule has 7 nitrogen and oxygen atoms in total. The summed E-state index contributed by atoms with van der Waals surface area (Å²) in [7, 11) is 1.51. The number of aromatic nitrogens is 3. The molecule has 2 N–H and O–H groups in total. The van der Waals surface area contributed by atoms with Crippen molar-refractivity contribution in [1.82, 2.24) is 14.8 Å². The third kappa shape index (κ3) is 3.15. The van der Waals surface area contributed by atoms with Crippen LogP contribution in [0.4, 0.5) is 5.95 Å². The summed E-state index contributed by atoms with van der Waals surface area (Å²) in [6.07, 6.45) is 2.60. The van der Waals surface area contributed by atoms with Crippen LogP contribution in [0.3, 0.4) is 0 Å². The number of Topliss-reactive ketones (excluding diaryl/α,β-unsaturated/α-hetero) is 1. The first-order valence-electron chi connectivity index (χ1n) is 9.31. The molecule has 148 valence electrons. The minimum Gasteiger partial charge on any atom is -0.504 e. The number of thioether (sulfide) groups is 1. The third-order valence-electron chi connectivity index (χ3n) is 5.12. The lowest BCUT2D eigenvalue weighted by Crippen LogP contribution is -2.42. The minimum absolute atomic E-state index is 0.0631. The van der Waals surface area contributed by atoms with E-state index in [1.807, 2.05) is 6.07 Å². The van der Waals surface area contributed by atoms with Gasteiger partial charge in [-0.05, 0) is 28.9 Å². The number of methoxy groups -OCH3 is 1. The van der Waals surface area contributed by atoms with Gasteiger partial charge in [0.1, 0.15) is 5.78 Å². The highest BCUT2D eigenvalue weighted by molar-refractivity contribution is 7.99. The van der Waals surface area contributed by atoms with Gasteiger partial charge in [-0.25, -0.2) is 4.68 Å². The fraction of sp³-hybridized carbons (Fsp3) is 0.450. The molecule has 1 aliphatic heterocycles. The van der Waals surface area contributed by atoms with Gasteiger partial charge in [0.15, 0.2) is 11.5 Å². The Labute approximate surface area is 168 Å². The fourth-order valence-corrected chi connectivity index (χ4v) is 4.56. The van der Waals surface area contributed by atoms with Crippen LogP contribution in [-0.4, -0.2) is 38.5 Å². The van der Waals surface area contributed by atoms with Crippen LogP contribution in [0.1, 0.15) is 38.8 Å². The Morgan fingerprint density at radius 2 is 2.21 bits per heavy atom. The molecule has 0 unspecified atom stereocenters. The number of hydrogen-bond acceptors (Lipinski definition) is 7. The number of ketones is 1. The summed E-state index contributed by atoms with van der Waals surface area (Å²) in [5.74, 6) is 1.71. The molecular formula is C20H24N4O3S. The summed E-state index contributed by atoms with van der Waals surface area (Å²) in [5, 5.41) is 18.7. The first-order chi connectivity index (χ1) is 13.3. The number of phenolic OH excluding ortho intramolecular Hbond substituents is 1. The molecular weight excluding hydrogens is 376 g/mol. The molecule has 0 bridgehead atoms. The maximum absolute atomic E-state index is 13.2. The molecule has 2 aromatic rings. The number of carbonyl (C=O) groups is 1. The van der Waals surface area contributed by atoms with E-state index in [0.717, 1.165) is 17.0 Å². The normalized spacial score (nSPS) is 22.7. The molecule has 0 saturated carbocycles.